The summed E-state index contributed by atoms with van der Waals surface area (Å²) in [5, 5.41) is 0. The maximum absolute atomic E-state index is 12.9. The summed E-state index contributed by atoms with van der Waals surface area (Å²) in [7, 11) is 0. The van der Waals surface area contributed by atoms with Gasteiger partial charge in [-0.3, -0.25) is 0 Å². The van der Waals surface area contributed by atoms with Gasteiger partial charge in [-0.05, 0) is 12.1 Å². The monoisotopic (exact) mass is 208 g/mol. The minimum Gasteiger partial charge on any atom is -0.398 e. The van der Waals surface area contributed by atoms with Gasteiger partial charge in [0, 0.05) is 17.8 Å². The molecule has 6 heteroatoms. The van der Waals surface area contributed by atoms with E-state index in [-0.39, 0.29) is 12.1 Å². The van der Waals surface area contributed by atoms with Crippen molar-refractivity contribution in [1.82, 2.24) is 0 Å². The molecule has 0 aromatic heterocycles. The zero-order valence-corrected chi connectivity index (χ0v) is 7.03. The summed E-state index contributed by atoms with van der Waals surface area (Å²) in [5.74, 6) is -0.992. The van der Waals surface area contributed by atoms with Crippen LogP contribution in [0.5, 0.6) is 0 Å². The van der Waals surface area contributed by atoms with Crippen molar-refractivity contribution in [3.63, 3.8) is 0 Å². The second kappa shape index (κ2) is 3.45. The predicted octanol–water partition coefficient (Wildman–Crippen LogP) is 1.89. The molecular formula is C8H8F4N2. The minimum atomic E-state index is -4.64. The van der Waals surface area contributed by atoms with E-state index < -0.39 is 23.2 Å². The summed E-state index contributed by atoms with van der Waals surface area (Å²) in [6.07, 6.45) is -4.64. The number of hydrogen-bond acceptors (Lipinski definition) is 2. The molecule has 0 saturated heterocycles. The van der Waals surface area contributed by atoms with Crippen molar-refractivity contribution in [3.8, 4) is 0 Å². The Bertz CT molecular complexity index is 346. The van der Waals surface area contributed by atoms with Crippen LogP contribution >= 0.6 is 0 Å². The van der Waals surface area contributed by atoms with E-state index in [0.29, 0.717) is 6.07 Å². The van der Waals surface area contributed by atoms with Crippen molar-refractivity contribution in [3.05, 3.63) is 29.1 Å². The first kappa shape index (κ1) is 10.8. The average Bonchev–Trinajstić information content (AvgIpc) is 2.06. The third kappa shape index (κ3) is 1.95. The van der Waals surface area contributed by atoms with Crippen molar-refractivity contribution in [1.29, 1.82) is 0 Å². The number of hydrogen-bond donors (Lipinski definition) is 2. The van der Waals surface area contributed by atoms with Crippen molar-refractivity contribution in [2.45, 2.75) is 12.7 Å². The largest absolute Gasteiger partial charge is 0.418 e. The summed E-state index contributed by atoms with van der Waals surface area (Å²) >= 11 is 0. The summed E-state index contributed by atoms with van der Waals surface area (Å²) in [6, 6.07) is 1.26. The molecule has 1 aromatic rings. The molecule has 0 bridgehead atoms. The Morgan fingerprint density at radius 2 is 1.79 bits per heavy atom. The minimum absolute atomic E-state index is 0.0319. The lowest BCUT2D eigenvalue weighted by Gasteiger charge is -2.11. The molecule has 0 aliphatic rings. The Morgan fingerprint density at radius 3 is 2.21 bits per heavy atom. The lowest BCUT2D eigenvalue weighted by Crippen LogP contribution is -2.11. The molecule has 0 saturated carbocycles. The second-order valence-electron chi connectivity index (χ2n) is 2.73. The van der Waals surface area contributed by atoms with Crippen LogP contribution in [0.15, 0.2) is 12.1 Å². The van der Waals surface area contributed by atoms with Crippen molar-refractivity contribution < 1.29 is 17.6 Å². The molecule has 4 N–H and O–H groups in total. The molecule has 0 fully saturated rings. The summed E-state index contributed by atoms with van der Waals surface area (Å²) in [5.41, 5.74) is 8.49. The molecule has 78 valence electrons. The first-order valence-corrected chi connectivity index (χ1v) is 3.71. The Labute approximate surface area is 77.5 Å². The van der Waals surface area contributed by atoms with Crippen LogP contribution in [0.2, 0.25) is 0 Å². The Kier molecular flexibility index (Phi) is 2.66. The molecule has 0 atom stereocenters. The van der Waals surface area contributed by atoms with Gasteiger partial charge in [0.15, 0.2) is 0 Å². The standard InChI is InChI=1S/C8H8F4N2/c9-6-2-5(8(10,11)12)7(14)1-4(6)3-13/h1-2H,3,13-14H2. The molecule has 1 rings (SSSR count). The van der Waals surface area contributed by atoms with Crippen LogP contribution in [0.3, 0.4) is 0 Å². The van der Waals surface area contributed by atoms with Gasteiger partial charge in [-0.1, -0.05) is 0 Å². The summed E-state index contributed by atoms with van der Waals surface area (Å²) in [6.45, 7) is -0.186. The SMILES string of the molecule is NCc1cc(N)c(C(F)(F)F)cc1F. The van der Waals surface area contributed by atoms with Crippen LogP contribution in [-0.4, -0.2) is 0 Å². The van der Waals surface area contributed by atoms with E-state index in [1.165, 1.54) is 0 Å². The van der Waals surface area contributed by atoms with Crippen LogP contribution < -0.4 is 11.5 Å². The van der Waals surface area contributed by atoms with E-state index in [2.05, 4.69) is 0 Å². The van der Waals surface area contributed by atoms with Gasteiger partial charge in [0.25, 0.3) is 0 Å². The number of benzene rings is 1. The van der Waals surface area contributed by atoms with Crippen LogP contribution in [0.1, 0.15) is 11.1 Å². The number of alkyl halides is 3. The van der Waals surface area contributed by atoms with Crippen molar-refractivity contribution in [2.75, 3.05) is 5.73 Å². The van der Waals surface area contributed by atoms with Gasteiger partial charge in [-0.25, -0.2) is 4.39 Å². The molecule has 0 aliphatic heterocycles. The number of nitrogens with two attached hydrogens (primary N) is 2. The molecule has 0 heterocycles. The molecule has 0 unspecified atom stereocenters. The average molecular weight is 208 g/mol. The Morgan fingerprint density at radius 1 is 1.21 bits per heavy atom. The van der Waals surface area contributed by atoms with Crippen LogP contribution in [0.4, 0.5) is 23.2 Å². The molecule has 14 heavy (non-hydrogen) atoms. The van der Waals surface area contributed by atoms with Gasteiger partial charge in [-0.2, -0.15) is 13.2 Å². The van der Waals surface area contributed by atoms with Crippen LogP contribution in [0, 0.1) is 5.82 Å². The fourth-order valence-corrected chi connectivity index (χ4v) is 1.04. The van der Waals surface area contributed by atoms with E-state index in [4.69, 9.17) is 11.5 Å². The molecular weight excluding hydrogens is 200 g/mol. The third-order valence-corrected chi connectivity index (χ3v) is 1.74. The lowest BCUT2D eigenvalue weighted by molar-refractivity contribution is -0.137. The molecule has 2 nitrogen and oxygen atoms in total. The van der Waals surface area contributed by atoms with Gasteiger partial charge in [-0.15, -0.1) is 0 Å². The topological polar surface area (TPSA) is 52.0 Å². The molecule has 0 aliphatic carbocycles. The van der Waals surface area contributed by atoms with Crippen LogP contribution in [0.25, 0.3) is 0 Å². The van der Waals surface area contributed by atoms with Crippen molar-refractivity contribution >= 4 is 5.69 Å². The number of rotatable bonds is 1. The van der Waals surface area contributed by atoms with Gasteiger partial charge >= 0.3 is 6.18 Å². The fraction of sp³-hybridized carbons (Fsp3) is 0.250. The Hall–Kier alpha value is -1.30. The highest BCUT2D eigenvalue weighted by Gasteiger charge is 2.33. The van der Waals surface area contributed by atoms with Gasteiger partial charge in [0.1, 0.15) is 5.82 Å². The van der Waals surface area contributed by atoms with E-state index in [0.717, 1.165) is 6.07 Å². The van der Waals surface area contributed by atoms with Gasteiger partial charge in [0.05, 0.1) is 5.56 Å². The first-order valence-electron chi connectivity index (χ1n) is 3.71. The zero-order valence-electron chi connectivity index (χ0n) is 7.03. The summed E-state index contributed by atoms with van der Waals surface area (Å²) in [4.78, 5) is 0. The number of anilines is 1. The molecule has 1 aromatic carbocycles. The van der Waals surface area contributed by atoms with Crippen molar-refractivity contribution in [2.24, 2.45) is 5.73 Å². The fourth-order valence-electron chi connectivity index (χ4n) is 1.04. The first-order chi connectivity index (χ1) is 6.36. The van der Waals surface area contributed by atoms with E-state index in [9.17, 15) is 17.6 Å². The van der Waals surface area contributed by atoms with E-state index >= 15 is 0 Å². The Balaban J connectivity index is 3.29. The van der Waals surface area contributed by atoms with Gasteiger partial charge in [0.2, 0.25) is 0 Å². The zero-order chi connectivity index (χ0) is 10.9. The molecule has 0 amide bonds. The predicted molar refractivity (Wildman–Crippen MR) is 43.7 cm³/mol. The van der Waals surface area contributed by atoms with E-state index in [1.807, 2.05) is 0 Å². The third-order valence-electron chi connectivity index (χ3n) is 1.74. The summed E-state index contributed by atoms with van der Waals surface area (Å²) < 4.78 is 49.5. The quantitative estimate of drug-likeness (QED) is 0.547. The lowest BCUT2D eigenvalue weighted by atomic mass is 10.1. The van der Waals surface area contributed by atoms with Crippen LogP contribution in [-0.2, 0) is 12.7 Å². The number of nitrogen functional groups attached to an aromatic ring is 1. The molecule has 0 radical (unpaired) electrons. The maximum Gasteiger partial charge on any atom is 0.418 e. The highest BCUT2D eigenvalue weighted by molar-refractivity contribution is 5.51. The highest BCUT2D eigenvalue weighted by atomic mass is 19.4. The molecule has 0 spiro atoms. The smallest absolute Gasteiger partial charge is 0.398 e. The van der Waals surface area contributed by atoms with Gasteiger partial charge < -0.3 is 11.5 Å². The number of halogens is 4. The highest BCUT2D eigenvalue weighted by Crippen LogP contribution is 2.34. The normalized spacial score (nSPS) is 11.8. The maximum atomic E-state index is 12.9. The second-order valence-corrected chi connectivity index (χ2v) is 2.73. The van der Waals surface area contributed by atoms with E-state index in [1.54, 1.807) is 0 Å².